The van der Waals surface area contributed by atoms with Crippen LogP contribution in [0.25, 0.3) is 0 Å². The van der Waals surface area contributed by atoms with Gasteiger partial charge in [0.05, 0.1) is 0 Å². The van der Waals surface area contributed by atoms with Gasteiger partial charge in [-0.15, -0.1) is 0 Å². The Morgan fingerprint density at radius 1 is 0.288 bits per heavy atom. The maximum atomic E-state index is 12.8. The Labute approximate surface area is 450 Å². The van der Waals surface area contributed by atoms with Crippen molar-refractivity contribution >= 4 is 17.9 Å². The molecular weight excluding hydrogens is 901 g/mol. The molecule has 0 N–H and O–H groups in total. The van der Waals surface area contributed by atoms with Crippen LogP contribution in [-0.2, 0) is 28.6 Å². The molecule has 0 heterocycles. The number of ether oxygens (including phenoxy) is 3. The highest BCUT2D eigenvalue weighted by molar-refractivity contribution is 5.71. The number of hydrogen-bond acceptors (Lipinski definition) is 6. The fraction of sp³-hybridized carbons (Fsp3) is 0.687. The van der Waals surface area contributed by atoms with Crippen molar-refractivity contribution < 1.29 is 28.6 Å². The average Bonchev–Trinajstić information content (AvgIpc) is 3.39. The molecule has 73 heavy (non-hydrogen) atoms. The van der Waals surface area contributed by atoms with Crippen molar-refractivity contribution in [3.63, 3.8) is 0 Å². The third kappa shape index (κ3) is 58.8. The minimum Gasteiger partial charge on any atom is -0.462 e. The Hall–Kier alpha value is -3.93. The van der Waals surface area contributed by atoms with E-state index in [4.69, 9.17) is 14.2 Å². The van der Waals surface area contributed by atoms with Crippen molar-refractivity contribution in [1.29, 1.82) is 0 Å². The molecule has 0 aromatic heterocycles. The van der Waals surface area contributed by atoms with Gasteiger partial charge in [0, 0.05) is 19.3 Å². The molecule has 0 aromatic rings. The fourth-order valence-electron chi connectivity index (χ4n) is 8.22. The molecule has 0 aromatic carbocycles. The number of hydrogen-bond donors (Lipinski definition) is 0. The van der Waals surface area contributed by atoms with E-state index >= 15 is 0 Å². The maximum Gasteiger partial charge on any atom is 0.306 e. The van der Waals surface area contributed by atoms with Crippen LogP contribution in [0.15, 0.2) is 109 Å². The van der Waals surface area contributed by atoms with Gasteiger partial charge in [-0.05, 0) is 109 Å². The molecule has 1 atom stereocenters. The van der Waals surface area contributed by atoms with E-state index in [1.807, 2.05) is 0 Å². The lowest BCUT2D eigenvalue weighted by Gasteiger charge is -2.18. The second-order valence-corrected chi connectivity index (χ2v) is 19.9. The summed E-state index contributed by atoms with van der Waals surface area (Å²) in [6, 6.07) is 0. The number of unbranched alkanes of at least 4 members (excludes halogenated alkanes) is 25. The number of carbonyl (C=O) groups is 3. The van der Waals surface area contributed by atoms with Gasteiger partial charge >= 0.3 is 17.9 Å². The summed E-state index contributed by atoms with van der Waals surface area (Å²) in [5.41, 5.74) is 0. The first-order chi connectivity index (χ1) is 36.0. The summed E-state index contributed by atoms with van der Waals surface area (Å²) < 4.78 is 16.8. The number of rotatable bonds is 54. The van der Waals surface area contributed by atoms with Gasteiger partial charge in [0.1, 0.15) is 13.2 Å². The fourth-order valence-corrected chi connectivity index (χ4v) is 8.22. The van der Waals surface area contributed by atoms with Gasteiger partial charge in [-0.3, -0.25) is 14.4 Å². The summed E-state index contributed by atoms with van der Waals surface area (Å²) in [5.74, 6) is -0.919. The molecule has 0 saturated heterocycles. The lowest BCUT2D eigenvalue weighted by Crippen LogP contribution is -2.30. The number of allylic oxidation sites excluding steroid dienone is 18. The second kappa shape index (κ2) is 60.6. The van der Waals surface area contributed by atoms with Crippen LogP contribution < -0.4 is 0 Å². The van der Waals surface area contributed by atoms with Crippen LogP contribution in [0.3, 0.4) is 0 Å². The highest BCUT2D eigenvalue weighted by Gasteiger charge is 2.19. The number of esters is 3. The van der Waals surface area contributed by atoms with Crippen molar-refractivity contribution in [2.75, 3.05) is 13.2 Å². The zero-order chi connectivity index (χ0) is 52.9. The van der Waals surface area contributed by atoms with Crippen molar-refractivity contribution in [3.05, 3.63) is 109 Å². The molecule has 0 bridgehead atoms. The van der Waals surface area contributed by atoms with Crippen LogP contribution in [0.2, 0.25) is 0 Å². The quantitative estimate of drug-likeness (QED) is 0.0261. The average molecular weight is 1010 g/mol. The van der Waals surface area contributed by atoms with Gasteiger partial charge in [0.25, 0.3) is 0 Å². The molecule has 6 nitrogen and oxygen atoms in total. The van der Waals surface area contributed by atoms with Crippen LogP contribution in [0.5, 0.6) is 0 Å². The molecule has 0 fully saturated rings. The van der Waals surface area contributed by atoms with E-state index in [2.05, 4.69) is 130 Å². The predicted molar refractivity (Wildman–Crippen MR) is 316 cm³/mol. The highest BCUT2D eigenvalue weighted by Crippen LogP contribution is 2.15. The molecule has 6 heteroatoms. The van der Waals surface area contributed by atoms with Gasteiger partial charge < -0.3 is 14.2 Å². The van der Waals surface area contributed by atoms with Crippen LogP contribution in [0, 0.1) is 0 Å². The summed E-state index contributed by atoms with van der Waals surface area (Å²) in [6.45, 7) is 6.48. The highest BCUT2D eigenvalue weighted by atomic mass is 16.6. The van der Waals surface area contributed by atoms with Crippen LogP contribution in [0.4, 0.5) is 0 Å². The van der Waals surface area contributed by atoms with Gasteiger partial charge in [-0.1, -0.05) is 259 Å². The smallest absolute Gasteiger partial charge is 0.306 e. The maximum absolute atomic E-state index is 12.8. The third-order valence-corrected chi connectivity index (χ3v) is 12.8. The Bertz CT molecular complexity index is 1490. The summed E-state index contributed by atoms with van der Waals surface area (Å²) in [7, 11) is 0. The largest absolute Gasteiger partial charge is 0.462 e. The molecule has 0 radical (unpaired) electrons. The Balaban J connectivity index is 4.28. The predicted octanol–water partition coefficient (Wildman–Crippen LogP) is 20.7. The van der Waals surface area contributed by atoms with E-state index in [0.29, 0.717) is 19.3 Å². The minimum absolute atomic E-state index is 0.0873. The first-order valence-corrected chi connectivity index (χ1v) is 30.4. The van der Waals surface area contributed by atoms with Crippen LogP contribution >= 0.6 is 0 Å². The molecule has 0 amide bonds. The van der Waals surface area contributed by atoms with Gasteiger partial charge in [0.2, 0.25) is 0 Å². The first-order valence-electron chi connectivity index (χ1n) is 30.4. The van der Waals surface area contributed by atoms with Gasteiger partial charge in [0.15, 0.2) is 6.10 Å². The zero-order valence-electron chi connectivity index (χ0n) is 47.6. The van der Waals surface area contributed by atoms with E-state index in [0.717, 1.165) is 122 Å². The van der Waals surface area contributed by atoms with E-state index in [-0.39, 0.29) is 31.1 Å². The number of carbonyl (C=O) groups excluding carboxylic acids is 3. The standard InChI is InChI=1S/C67H112O6/c1-4-7-10-13-16-19-21-23-25-27-29-30-31-32-33-34-35-36-37-38-39-41-42-44-46-48-51-54-57-60-66(69)72-63-64(62-71-65(68)59-56-53-50-18-15-12-9-6-3)73-67(70)61-58-55-52-49-47-45-43-40-28-26-24-22-20-17-14-11-8-5-2/h7,10,16,19,23,25-26,28-30,32-33,35-36,38-39,42,44,64H,4-6,8-9,11-15,17-18,20-22,24,27,31,34,37,40-41,43,45-63H2,1-3H3/b10-7-,19-16-,25-23-,28-26-,30-29-,33-32-,36-35-,39-38-,44-42-. The Morgan fingerprint density at radius 2 is 0.534 bits per heavy atom. The lowest BCUT2D eigenvalue weighted by atomic mass is 10.1. The summed E-state index contributed by atoms with van der Waals surface area (Å²) in [6.07, 6.45) is 82.4. The van der Waals surface area contributed by atoms with E-state index in [9.17, 15) is 14.4 Å². The second-order valence-electron chi connectivity index (χ2n) is 19.9. The zero-order valence-corrected chi connectivity index (χ0v) is 47.6. The molecule has 0 aliphatic heterocycles. The molecule has 0 saturated carbocycles. The van der Waals surface area contributed by atoms with Crippen molar-refractivity contribution in [3.8, 4) is 0 Å². The molecule has 0 aliphatic carbocycles. The van der Waals surface area contributed by atoms with Crippen molar-refractivity contribution in [1.82, 2.24) is 0 Å². The summed E-state index contributed by atoms with van der Waals surface area (Å²) in [5, 5.41) is 0. The molecular formula is C67H112O6. The van der Waals surface area contributed by atoms with Crippen LogP contribution in [0.1, 0.15) is 278 Å². The first kappa shape index (κ1) is 69.1. The molecule has 1 unspecified atom stereocenters. The SMILES string of the molecule is CC/C=C\C/C=C\C/C=C\C/C=C\C/C=C\C/C=C\C/C=C\C/C=C\CCCCCCC(=O)OCC(COC(=O)CCCCCCCCCC)OC(=O)CCCCCCCCC/C=C\CCCCCCCCC. The van der Waals surface area contributed by atoms with Gasteiger partial charge in [-0.25, -0.2) is 0 Å². The topological polar surface area (TPSA) is 78.9 Å². The van der Waals surface area contributed by atoms with Crippen molar-refractivity contribution in [2.24, 2.45) is 0 Å². The molecule has 0 spiro atoms. The van der Waals surface area contributed by atoms with Crippen LogP contribution in [-0.4, -0.2) is 37.2 Å². The lowest BCUT2D eigenvalue weighted by molar-refractivity contribution is -0.167. The Kier molecular flexibility index (Phi) is 57.4. The van der Waals surface area contributed by atoms with E-state index < -0.39 is 6.10 Å². The van der Waals surface area contributed by atoms with Crippen molar-refractivity contribution in [2.45, 2.75) is 284 Å². The van der Waals surface area contributed by atoms with E-state index in [1.165, 1.54) is 116 Å². The summed E-state index contributed by atoms with van der Waals surface area (Å²) >= 11 is 0. The monoisotopic (exact) mass is 1010 g/mol. The molecule has 0 rings (SSSR count). The minimum atomic E-state index is -0.790. The third-order valence-electron chi connectivity index (χ3n) is 12.8. The Morgan fingerprint density at radius 3 is 0.849 bits per heavy atom. The summed E-state index contributed by atoms with van der Waals surface area (Å²) in [4.78, 5) is 38.1. The normalized spacial score (nSPS) is 12.9. The molecule has 416 valence electrons. The van der Waals surface area contributed by atoms with E-state index in [1.54, 1.807) is 0 Å². The van der Waals surface area contributed by atoms with Gasteiger partial charge in [-0.2, -0.15) is 0 Å². The molecule has 0 aliphatic rings.